The largest absolute Gasteiger partial charge is 0.344 e. The third-order valence-electron chi connectivity index (χ3n) is 4.61. The van der Waals surface area contributed by atoms with Crippen molar-refractivity contribution >= 4 is 33.8 Å². The van der Waals surface area contributed by atoms with E-state index in [2.05, 4.69) is 33.6 Å². The van der Waals surface area contributed by atoms with Crippen molar-refractivity contribution in [3.8, 4) is 0 Å². The van der Waals surface area contributed by atoms with E-state index in [1.54, 1.807) is 24.3 Å². The van der Waals surface area contributed by atoms with Gasteiger partial charge in [-0.05, 0) is 55.9 Å². The second-order valence-corrected chi connectivity index (χ2v) is 7.20. The smallest absolute Gasteiger partial charge is 0.322 e. The van der Waals surface area contributed by atoms with Gasteiger partial charge in [-0.2, -0.15) is 5.01 Å². The van der Waals surface area contributed by atoms with Crippen LogP contribution in [0.3, 0.4) is 0 Å². The van der Waals surface area contributed by atoms with Gasteiger partial charge < -0.3 is 5.32 Å². The molecule has 2 N–H and O–H groups in total. The monoisotopic (exact) mass is 379 g/mol. The summed E-state index contributed by atoms with van der Waals surface area (Å²) in [5.74, 6) is -0.293. The number of imide groups is 1. The molecule has 1 aliphatic carbocycles. The first kappa shape index (κ1) is 16.0. The van der Waals surface area contributed by atoms with Crippen molar-refractivity contribution in [1.82, 2.24) is 15.8 Å². The molecule has 4 amide bonds. The van der Waals surface area contributed by atoms with Crippen LogP contribution in [-0.4, -0.2) is 28.4 Å². The van der Waals surface area contributed by atoms with Gasteiger partial charge in [0.05, 0.1) is 0 Å². The topological polar surface area (TPSA) is 78.5 Å². The Bertz CT molecular complexity index is 651. The van der Waals surface area contributed by atoms with E-state index in [0.29, 0.717) is 24.3 Å². The minimum absolute atomic E-state index is 0.361. The Kier molecular flexibility index (Phi) is 4.14. The number of carbonyl (C=O) groups is 3. The molecule has 0 unspecified atom stereocenters. The maximum absolute atomic E-state index is 12.6. The standard InChI is InChI=1S/C16H18BrN3O3/c1-10-6-8-16(9-7-10)14(22)20(15(23)18-16)19-13(21)11-2-4-12(17)5-3-11/h2-5,10H,6-9H2,1H3,(H,18,23)(H,19,21). The first-order valence-electron chi connectivity index (χ1n) is 7.64. The highest BCUT2D eigenvalue weighted by atomic mass is 79.9. The molecule has 1 saturated heterocycles. The first-order chi connectivity index (χ1) is 10.9. The van der Waals surface area contributed by atoms with E-state index in [9.17, 15) is 14.4 Å². The van der Waals surface area contributed by atoms with Crippen LogP contribution in [0.2, 0.25) is 0 Å². The van der Waals surface area contributed by atoms with Gasteiger partial charge in [0.15, 0.2) is 0 Å². The number of rotatable bonds is 2. The number of nitrogens with zero attached hydrogens (tertiary/aromatic N) is 1. The lowest BCUT2D eigenvalue weighted by Gasteiger charge is -2.33. The van der Waals surface area contributed by atoms with Crippen LogP contribution < -0.4 is 10.7 Å². The molecule has 0 atom stereocenters. The fraction of sp³-hybridized carbons (Fsp3) is 0.438. The van der Waals surface area contributed by atoms with Crippen molar-refractivity contribution in [2.24, 2.45) is 5.92 Å². The summed E-state index contributed by atoms with van der Waals surface area (Å²) in [6, 6.07) is 6.14. The molecule has 23 heavy (non-hydrogen) atoms. The maximum atomic E-state index is 12.6. The minimum Gasteiger partial charge on any atom is -0.322 e. The predicted molar refractivity (Wildman–Crippen MR) is 87.3 cm³/mol. The van der Waals surface area contributed by atoms with Crippen molar-refractivity contribution < 1.29 is 14.4 Å². The van der Waals surface area contributed by atoms with Gasteiger partial charge in [0.2, 0.25) is 0 Å². The lowest BCUT2D eigenvalue weighted by Crippen LogP contribution is -2.51. The zero-order chi connectivity index (χ0) is 16.6. The summed E-state index contributed by atoms with van der Waals surface area (Å²) < 4.78 is 0.847. The summed E-state index contributed by atoms with van der Waals surface area (Å²) >= 11 is 3.29. The van der Waals surface area contributed by atoms with Gasteiger partial charge in [-0.3, -0.25) is 15.0 Å². The van der Waals surface area contributed by atoms with Crippen LogP contribution in [0, 0.1) is 5.92 Å². The summed E-state index contributed by atoms with van der Waals surface area (Å²) in [5.41, 5.74) is 1.95. The van der Waals surface area contributed by atoms with Gasteiger partial charge in [0.1, 0.15) is 5.54 Å². The van der Waals surface area contributed by atoms with Crippen LogP contribution in [0.1, 0.15) is 43.0 Å². The molecule has 0 radical (unpaired) electrons. The fourth-order valence-corrected chi connectivity index (χ4v) is 3.35. The molecular formula is C16H18BrN3O3. The molecule has 1 spiro atoms. The zero-order valence-corrected chi connectivity index (χ0v) is 14.4. The molecule has 3 rings (SSSR count). The number of hydrogen-bond donors (Lipinski definition) is 2. The number of hydrazine groups is 1. The minimum atomic E-state index is -0.851. The maximum Gasteiger partial charge on any atom is 0.344 e. The van der Waals surface area contributed by atoms with E-state index in [0.717, 1.165) is 22.3 Å². The summed E-state index contributed by atoms with van der Waals surface area (Å²) in [4.78, 5) is 37.0. The van der Waals surface area contributed by atoms with E-state index < -0.39 is 17.5 Å². The molecule has 2 fully saturated rings. The molecule has 122 valence electrons. The number of hydrogen-bond acceptors (Lipinski definition) is 3. The Morgan fingerprint density at radius 1 is 1.26 bits per heavy atom. The van der Waals surface area contributed by atoms with E-state index in [4.69, 9.17) is 0 Å². The average Bonchev–Trinajstić information content (AvgIpc) is 2.75. The summed E-state index contributed by atoms with van der Waals surface area (Å²) in [6.07, 6.45) is 3.01. The van der Waals surface area contributed by atoms with Crippen LogP contribution in [0.4, 0.5) is 4.79 Å². The number of amides is 4. The highest BCUT2D eigenvalue weighted by Gasteiger charge is 2.52. The van der Waals surface area contributed by atoms with Crippen LogP contribution in [0.15, 0.2) is 28.7 Å². The zero-order valence-electron chi connectivity index (χ0n) is 12.8. The SMILES string of the molecule is CC1CCC2(CC1)NC(=O)N(NC(=O)c1ccc(Br)cc1)C2=O. The van der Waals surface area contributed by atoms with Gasteiger partial charge in [0.25, 0.3) is 11.8 Å². The van der Waals surface area contributed by atoms with Gasteiger partial charge >= 0.3 is 6.03 Å². The van der Waals surface area contributed by atoms with Gasteiger partial charge in [0, 0.05) is 10.0 Å². The molecule has 0 bridgehead atoms. The van der Waals surface area contributed by atoms with E-state index in [1.807, 2.05) is 0 Å². The Balaban J connectivity index is 1.73. The predicted octanol–water partition coefficient (Wildman–Crippen LogP) is 2.59. The van der Waals surface area contributed by atoms with Crippen LogP contribution >= 0.6 is 15.9 Å². The number of halogens is 1. The molecular weight excluding hydrogens is 362 g/mol. The fourth-order valence-electron chi connectivity index (χ4n) is 3.08. The third kappa shape index (κ3) is 2.97. The molecule has 0 aromatic heterocycles. The summed E-state index contributed by atoms with van der Waals surface area (Å²) in [6.45, 7) is 2.14. The molecule has 1 aromatic carbocycles. The highest BCUT2D eigenvalue weighted by Crippen LogP contribution is 2.35. The average molecular weight is 380 g/mol. The van der Waals surface area contributed by atoms with E-state index >= 15 is 0 Å². The molecule has 2 aliphatic rings. The normalized spacial score (nSPS) is 27.2. The van der Waals surface area contributed by atoms with Gasteiger partial charge in [-0.1, -0.05) is 22.9 Å². The lowest BCUT2D eigenvalue weighted by atomic mass is 9.77. The van der Waals surface area contributed by atoms with Gasteiger partial charge in [-0.15, -0.1) is 0 Å². The Labute approximate surface area is 142 Å². The van der Waals surface area contributed by atoms with Crippen molar-refractivity contribution in [3.63, 3.8) is 0 Å². The van der Waals surface area contributed by atoms with Crippen LogP contribution in [0.25, 0.3) is 0 Å². The lowest BCUT2D eigenvalue weighted by molar-refractivity contribution is -0.134. The van der Waals surface area contributed by atoms with Crippen LogP contribution in [0.5, 0.6) is 0 Å². The molecule has 1 heterocycles. The highest BCUT2D eigenvalue weighted by molar-refractivity contribution is 9.10. The number of carbonyl (C=O) groups excluding carboxylic acids is 3. The van der Waals surface area contributed by atoms with Gasteiger partial charge in [-0.25, -0.2) is 4.79 Å². The Morgan fingerprint density at radius 3 is 2.48 bits per heavy atom. The van der Waals surface area contributed by atoms with Crippen LogP contribution in [-0.2, 0) is 4.79 Å². The van der Waals surface area contributed by atoms with E-state index in [-0.39, 0.29) is 5.91 Å². The van der Waals surface area contributed by atoms with E-state index in [1.165, 1.54) is 0 Å². The second-order valence-electron chi connectivity index (χ2n) is 6.28. The third-order valence-corrected chi connectivity index (χ3v) is 5.14. The number of benzene rings is 1. The number of nitrogens with one attached hydrogen (secondary N) is 2. The van der Waals surface area contributed by atoms with Crippen molar-refractivity contribution in [1.29, 1.82) is 0 Å². The second kappa shape index (κ2) is 5.96. The molecule has 7 heteroatoms. The number of urea groups is 1. The van der Waals surface area contributed by atoms with Crippen molar-refractivity contribution in [2.45, 2.75) is 38.1 Å². The Morgan fingerprint density at radius 2 is 1.87 bits per heavy atom. The molecule has 1 aromatic rings. The van der Waals surface area contributed by atoms with Crippen molar-refractivity contribution in [2.75, 3.05) is 0 Å². The molecule has 1 aliphatic heterocycles. The molecule has 6 nitrogen and oxygen atoms in total. The van der Waals surface area contributed by atoms with Crippen molar-refractivity contribution in [3.05, 3.63) is 34.3 Å². The summed E-state index contributed by atoms with van der Waals surface area (Å²) in [5, 5.41) is 3.59. The Hall–Kier alpha value is -1.89. The summed E-state index contributed by atoms with van der Waals surface area (Å²) in [7, 11) is 0. The first-order valence-corrected chi connectivity index (χ1v) is 8.44. The quantitative estimate of drug-likeness (QED) is 0.775. The molecule has 1 saturated carbocycles.